The molecule has 0 aliphatic heterocycles. The standard InChI is InChI=1S/C56H36N2O/c1-2-14-41(15-3-1)54-49-35-29-42(36-57(49)50-34-28-39-13-5-7-18-47(39)56(50)54)37-24-30-43(31-25-37)58(51-21-11-23-53-55(51)48-19-8-9-22-52(48)59-53)44-32-26-40(27-33-44)46-20-10-16-38-12-4-6-17-45(38)46/h1-36H. The molecule has 12 rings (SSSR count). The molecule has 0 aliphatic carbocycles. The Balaban J connectivity index is 0.999. The summed E-state index contributed by atoms with van der Waals surface area (Å²) >= 11 is 0. The van der Waals surface area contributed by atoms with E-state index in [2.05, 4.69) is 216 Å². The fourth-order valence-electron chi connectivity index (χ4n) is 9.26. The molecule has 276 valence electrons. The van der Waals surface area contributed by atoms with E-state index in [0.29, 0.717) is 0 Å². The minimum atomic E-state index is 0.868. The Hall–Kier alpha value is -7.88. The molecule has 3 heteroatoms. The largest absolute Gasteiger partial charge is 0.456 e. The average Bonchev–Trinajstić information content (AvgIpc) is 3.86. The molecule has 9 aromatic carbocycles. The summed E-state index contributed by atoms with van der Waals surface area (Å²) in [6.07, 6.45) is 2.30. The number of furan rings is 1. The molecular weight excluding hydrogens is 717 g/mol. The fraction of sp³-hybridized carbons (Fsp3) is 0. The van der Waals surface area contributed by atoms with Crippen molar-refractivity contribution in [1.29, 1.82) is 0 Å². The van der Waals surface area contributed by atoms with E-state index in [9.17, 15) is 0 Å². The van der Waals surface area contributed by atoms with Gasteiger partial charge in [-0.25, -0.2) is 0 Å². The number of para-hydroxylation sites is 1. The van der Waals surface area contributed by atoms with Gasteiger partial charge in [0.05, 0.1) is 22.1 Å². The Labute approximate surface area is 341 Å². The van der Waals surface area contributed by atoms with Crippen LogP contribution < -0.4 is 4.90 Å². The van der Waals surface area contributed by atoms with Crippen molar-refractivity contribution in [3.8, 4) is 33.4 Å². The summed E-state index contributed by atoms with van der Waals surface area (Å²) in [5.41, 5.74) is 14.6. The highest BCUT2D eigenvalue weighted by Gasteiger charge is 2.21. The van der Waals surface area contributed by atoms with Gasteiger partial charge in [0.2, 0.25) is 0 Å². The second kappa shape index (κ2) is 13.4. The maximum atomic E-state index is 6.40. The zero-order valence-corrected chi connectivity index (χ0v) is 32.1. The van der Waals surface area contributed by atoms with Gasteiger partial charge >= 0.3 is 0 Å². The number of rotatable bonds is 6. The van der Waals surface area contributed by atoms with Crippen LogP contribution in [-0.2, 0) is 0 Å². The number of hydrogen-bond donors (Lipinski definition) is 0. The van der Waals surface area contributed by atoms with Crippen LogP contribution in [0.1, 0.15) is 0 Å². The third kappa shape index (κ3) is 5.36. The van der Waals surface area contributed by atoms with E-state index in [0.717, 1.165) is 50.1 Å². The van der Waals surface area contributed by atoms with Crippen LogP contribution in [0.4, 0.5) is 17.1 Å². The fourth-order valence-corrected chi connectivity index (χ4v) is 9.26. The zero-order chi connectivity index (χ0) is 38.9. The SMILES string of the molecule is c1ccc(-c2c3c4ccccc4ccc3n3cc(-c4ccc(N(c5ccc(-c6cccc7ccccc67)cc5)c5cccc6oc7ccccc7c56)cc4)ccc23)cc1. The lowest BCUT2D eigenvalue weighted by Gasteiger charge is -2.26. The molecule has 0 spiro atoms. The smallest absolute Gasteiger partial charge is 0.137 e. The van der Waals surface area contributed by atoms with Gasteiger partial charge in [-0.1, -0.05) is 158 Å². The number of nitrogens with zero attached hydrogens (tertiary/aromatic N) is 2. The Bertz CT molecular complexity index is 3540. The van der Waals surface area contributed by atoms with E-state index in [1.807, 2.05) is 12.1 Å². The first-order valence-corrected chi connectivity index (χ1v) is 20.2. The van der Waals surface area contributed by atoms with Crippen LogP contribution in [0.3, 0.4) is 0 Å². The van der Waals surface area contributed by atoms with Crippen molar-refractivity contribution in [3.05, 3.63) is 219 Å². The number of fused-ring (bicyclic) bond motifs is 9. The molecule has 0 N–H and O–H groups in total. The quantitative estimate of drug-likeness (QED) is 0.169. The molecule has 0 fully saturated rings. The Morgan fingerprint density at radius 3 is 1.75 bits per heavy atom. The summed E-state index contributed by atoms with van der Waals surface area (Å²) in [4.78, 5) is 2.36. The van der Waals surface area contributed by atoms with E-state index < -0.39 is 0 Å². The molecule has 0 unspecified atom stereocenters. The van der Waals surface area contributed by atoms with Crippen molar-refractivity contribution in [3.63, 3.8) is 0 Å². The number of hydrogen-bond acceptors (Lipinski definition) is 2. The molecule has 0 bridgehead atoms. The van der Waals surface area contributed by atoms with Crippen LogP contribution in [0.25, 0.3) is 93.3 Å². The van der Waals surface area contributed by atoms with Gasteiger partial charge in [0, 0.05) is 33.9 Å². The van der Waals surface area contributed by atoms with Gasteiger partial charge in [-0.05, 0) is 104 Å². The number of pyridine rings is 1. The summed E-state index contributed by atoms with van der Waals surface area (Å²) in [6.45, 7) is 0. The third-order valence-electron chi connectivity index (χ3n) is 12.0. The summed E-state index contributed by atoms with van der Waals surface area (Å²) in [5, 5.41) is 8.48. The normalized spacial score (nSPS) is 11.7. The van der Waals surface area contributed by atoms with E-state index in [4.69, 9.17) is 4.42 Å². The minimum Gasteiger partial charge on any atom is -0.456 e. The lowest BCUT2D eigenvalue weighted by atomic mass is 9.98. The molecule has 0 radical (unpaired) electrons. The molecule has 59 heavy (non-hydrogen) atoms. The molecular formula is C56H36N2O. The minimum absolute atomic E-state index is 0.868. The van der Waals surface area contributed by atoms with Crippen molar-refractivity contribution < 1.29 is 4.42 Å². The van der Waals surface area contributed by atoms with Gasteiger partial charge in [0.15, 0.2) is 0 Å². The predicted octanol–water partition coefficient (Wildman–Crippen LogP) is 15.8. The van der Waals surface area contributed by atoms with Crippen LogP contribution >= 0.6 is 0 Å². The van der Waals surface area contributed by atoms with Gasteiger partial charge in [-0.3, -0.25) is 0 Å². The van der Waals surface area contributed by atoms with Crippen molar-refractivity contribution in [2.75, 3.05) is 4.90 Å². The average molecular weight is 753 g/mol. The van der Waals surface area contributed by atoms with Crippen molar-refractivity contribution >= 4 is 77.0 Å². The van der Waals surface area contributed by atoms with Gasteiger partial charge < -0.3 is 13.7 Å². The van der Waals surface area contributed by atoms with Crippen LogP contribution in [0.15, 0.2) is 223 Å². The Kier molecular flexibility index (Phi) is 7.54. The van der Waals surface area contributed by atoms with Crippen LogP contribution in [0.5, 0.6) is 0 Å². The third-order valence-corrected chi connectivity index (χ3v) is 12.0. The highest BCUT2D eigenvalue weighted by Crippen LogP contribution is 2.45. The molecule has 0 atom stereocenters. The van der Waals surface area contributed by atoms with Crippen LogP contribution in [-0.4, -0.2) is 4.40 Å². The maximum absolute atomic E-state index is 6.40. The Morgan fingerprint density at radius 1 is 0.356 bits per heavy atom. The van der Waals surface area contributed by atoms with E-state index in [-0.39, 0.29) is 0 Å². The van der Waals surface area contributed by atoms with Crippen molar-refractivity contribution in [2.24, 2.45) is 0 Å². The first-order valence-electron chi connectivity index (χ1n) is 20.2. The molecule has 3 nitrogen and oxygen atoms in total. The number of anilines is 3. The summed E-state index contributed by atoms with van der Waals surface area (Å²) in [5.74, 6) is 0. The van der Waals surface area contributed by atoms with Crippen molar-refractivity contribution in [2.45, 2.75) is 0 Å². The zero-order valence-electron chi connectivity index (χ0n) is 32.1. The van der Waals surface area contributed by atoms with E-state index >= 15 is 0 Å². The lowest BCUT2D eigenvalue weighted by Crippen LogP contribution is -2.10. The summed E-state index contributed by atoms with van der Waals surface area (Å²) in [7, 11) is 0. The second-order valence-corrected chi connectivity index (χ2v) is 15.3. The highest BCUT2D eigenvalue weighted by atomic mass is 16.3. The first kappa shape index (κ1) is 33.3. The predicted molar refractivity (Wildman–Crippen MR) is 248 cm³/mol. The molecule has 0 aliphatic rings. The molecule has 0 amide bonds. The van der Waals surface area contributed by atoms with Crippen LogP contribution in [0.2, 0.25) is 0 Å². The van der Waals surface area contributed by atoms with Gasteiger partial charge in [-0.2, -0.15) is 0 Å². The highest BCUT2D eigenvalue weighted by molar-refractivity contribution is 6.19. The first-order chi connectivity index (χ1) is 29.3. The molecule has 0 saturated heterocycles. The Morgan fingerprint density at radius 2 is 0.949 bits per heavy atom. The molecule has 3 aromatic heterocycles. The summed E-state index contributed by atoms with van der Waals surface area (Å²) < 4.78 is 8.78. The lowest BCUT2D eigenvalue weighted by molar-refractivity contribution is 0.669. The maximum Gasteiger partial charge on any atom is 0.137 e. The summed E-state index contributed by atoms with van der Waals surface area (Å²) in [6, 6.07) is 76.4. The number of benzene rings is 9. The van der Waals surface area contributed by atoms with Gasteiger partial charge in [0.25, 0.3) is 0 Å². The van der Waals surface area contributed by atoms with E-state index in [1.54, 1.807) is 0 Å². The van der Waals surface area contributed by atoms with Gasteiger partial charge in [-0.15, -0.1) is 0 Å². The molecule has 0 saturated carbocycles. The van der Waals surface area contributed by atoms with Gasteiger partial charge in [0.1, 0.15) is 11.2 Å². The monoisotopic (exact) mass is 752 g/mol. The molecule has 3 heterocycles. The van der Waals surface area contributed by atoms with Crippen LogP contribution in [0, 0.1) is 0 Å². The topological polar surface area (TPSA) is 20.8 Å². The molecule has 12 aromatic rings. The number of aromatic nitrogens is 1. The second-order valence-electron chi connectivity index (χ2n) is 15.3. The van der Waals surface area contributed by atoms with E-state index in [1.165, 1.54) is 60.2 Å². The van der Waals surface area contributed by atoms with Crippen molar-refractivity contribution in [1.82, 2.24) is 4.40 Å².